The van der Waals surface area contributed by atoms with Crippen LogP contribution in [0.5, 0.6) is 0 Å². The lowest BCUT2D eigenvalue weighted by Crippen LogP contribution is -2.42. The van der Waals surface area contributed by atoms with Crippen molar-refractivity contribution >= 4 is 5.91 Å². The summed E-state index contributed by atoms with van der Waals surface area (Å²) in [5.41, 5.74) is 0.684. The molecule has 17 heavy (non-hydrogen) atoms. The Morgan fingerprint density at radius 3 is 2.65 bits per heavy atom. The molecule has 1 amide bonds. The van der Waals surface area contributed by atoms with Gasteiger partial charge in [-0.25, -0.2) is 4.39 Å². The van der Waals surface area contributed by atoms with Crippen molar-refractivity contribution in [1.29, 1.82) is 0 Å². The Bertz CT molecular complexity index is 416. The number of carbonyl (C=O) groups is 1. The minimum Gasteiger partial charge on any atom is -0.340 e. The molecule has 1 saturated heterocycles. The third-order valence-electron chi connectivity index (χ3n) is 3.43. The number of hydrogen-bond acceptors (Lipinski definition) is 1. The average molecular weight is 235 g/mol. The van der Waals surface area contributed by atoms with Crippen molar-refractivity contribution in [2.45, 2.75) is 38.6 Å². The van der Waals surface area contributed by atoms with Crippen molar-refractivity contribution in [2.75, 3.05) is 6.54 Å². The summed E-state index contributed by atoms with van der Waals surface area (Å²) in [6.45, 7) is 4.76. The summed E-state index contributed by atoms with van der Waals surface area (Å²) in [7, 11) is 0. The first-order chi connectivity index (χ1) is 8.09. The molecule has 0 spiro atoms. The molecule has 1 aromatic rings. The number of piperidine rings is 1. The monoisotopic (exact) mass is 235 g/mol. The highest BCUT2D eigenvalue weighted by Gasteiger charge is 2.29. The predicted molar refractivity (Wildman–Crippen MR) is 65.2 cm³/mol. The summed E-state index contributed by atoms with van der Waals surface area (Å²) in [6, 6.07) is 7.01. The summed E-state index contributed by atoms with van der Waals surface area (Å²) in [5.74, 6) is -0.0125. The Balaban J connectivity index is 2.13. The van der Waals surface area contributed by atoms with Crippen LogP contribution >= 0.6 is 0 Å². The number of rotatable bonds is 2. The molecule has 1 atom stereocenters. The van der Waals surface area contributed by atoms with Gasteiger partial charge in [-0.15, -0.1) is 0 Å². The van der Waals surface area contributed by atoms with Crippen molar-refractivity contribution < 1.29 is 9.18 Å². The predicted octanol–water partition coefficient (Wildman–Crippen LogP) is 2.94. The first kappa shape index (κ1) is 12.1. The summed E-state index contributed by atoms with van der Waals surface area (Å²) >= 11 is 0. The standard InChI is InChI=1S/C14H18FNO/c1-10(2)16-8-7-11(9-14(16)17)12-5-3-4-6-13(12)15/h3-6,10-11H,7-9H2,1-2H3. The SMILES string of the molecule is CC(C)N1CCC(c2ccccc2F)CC1=O. The van der Waals surface area contributed by atoms with Gasteiger partial charge in [0.2, 0.25) is 5.91 Å². The van der Waals surface area contributed by atoms with Crippen LogP contribution in [-0.2, 0) is 4.79 Å². The van der Waals surface area contributed by atoms with E-state index in [1.54, 1.807) is 12.1 Å². The molecule has 1 aromatic carbocycles. The number of hydrogen-bond donors (Lipinski definition) is 0. The van der Waals surface area contributed by atoms with Crippen LogP contribution in [0.1, 0.15) is 38.2 Å². The minimum absolute atomic E-state index is 0.0405. The fourth-order valence-electron chi connectivity index (χ4n) is 2.47. The van der Waals surface area contributed by atoms with Gasteiger partial charge in [0.25, 0.3) is 0 Å². The smallest absolute Gasteiger partial charge is 0.223 e. The highest BCUT2D eigenvalue weighted by molar-refractivity contribution is 5.78. The fraction of sp³-hybridized carbons (Fsp3) is 0.500. The van der Waals surface area contributed by atoms with Crippen LogP contribution in [0, 0.1) is 5.82 Å². The zero-order valence-corrected chi connectivity index (χ0v) is 10.3. The van der Waals surface area contributed by atoms with E-state index >= 15 is 0 Å². The second-order valence-electron chi connectivity index (χ2n) is 4.89. The topological polar surface area (TPSA) is 20.3 Å². The van der Waals surface area contributed by atoms with Gasteiger partial charge in [0.15, 0.2) is 0 Å². The van der Waals surface area contributed by atoms with E-state index in [4.69, 9.17) is 0 Å². The number of likely N-dealkylation sites (tertiary alicyclic amines) is 1. The highest BCUT2D eigenvalue weighted by Crippen LogP contribution is 2.30. The summed E-state index contributed by atoms with van der Waals surface area (Å²) < 4.78 is 13.6. The number of halogens is 1. The van der Waals surface area contributed by atoms with E-state index in [1.807, 2.05) is 24.8 Å². The average Bonchev–Trinajstić information content (AvgIpc) is 2.29. The van der Waals surface area contributed by atoms with Gasteiger partial charge >= 0.3 is 0 Å². The van der Waals surface area contributed by atoms with Crippen LogP contribution in [0.3, 0.4) is 0 Å². The maximum absolute atomic E-state index is 13.6. The minimum atomic E-state index is -0.191. The lowest BCUT2D eigenvalue weighted by Gasteiger charge is -2.34. The Morgan fingerprint density at radius 1 is 1.35 bits per heavy atom. The quantitative estimate of drug-likeness (QED) is 0.771. The molecule has 0 aromatic heterocycles. The van der Waals surface area contributed by atoms with Crippen LogP contribution in [0.2, 0.25) is 0 Å². The Labute approximate surface area is 101 Å². The Kier molecular flexibility index (Phi) is 3.46. The molecular weight excluding hydrogens is 217 g/mol. The fourth-order valence-corrected chi connectivity index (χ4v) is 2.47. The van der Waals surface area contributed by atoms with Crippen molar-refractivity contribution in [3.8, 4) is 0 Å². The molecule has 1 heterocycles. The van der Waals surface area contributed by atoms with Crippen molar-refractivity contribution in [3.05, 3.63) is 35.6 Å². The highest BCUT2D eigenvalue weighted by atomic mass is 19.1. The van der Waals surface area contributed by atoms with E-state index in [0.717, 1.165) is 13.0 Å². The molecule has 1 fully saturated rings. The zero-order chi connectivity index (χ0) is 12.4. The first-order valence-corrected chi connectivity index (χ1v) is 6.13. The molecule has 2 nitrogen and oxygen atoms in total. The van der Waals surface area contributed by atoms with Gasteiger partial charge in [-0.1, -0.05) is 18.2 Å². The second kappa shape index (κ2) is 4.86. The molecule has 3 heteroatoms. The van der Waals surface area contributed by atoms with Gasteiger partial charge in [0.1, 0.15) is 5.82 Å². The second-order valence-corrected chi connectivity index (χ2v) is 4.89. The van der Waals surface area contributed by atoms with E-state index in [9.17, 15) is 9.18 Å². The zero-order valence-electron chi connectivity index (χ0n) is 10.3. The summed E-state index contributed by atoms with van der Waals surface area (Å²) in [5, 5.41) is 0. The van der Waals surface area contributed by atoms with E-state index in [-0.39, 0.29) is 23.7 Å². The van der Waals surface area contributed by atoms with E-state index in [2.05, 4.69) is 0 Å². The molecule has 0 bridgehead atoms. The van der Waals surface area contributed by atoms with E-state index < -0.39 is 0 Å². The largest absolute Gasteiger partial charge is 0.340 e. The van der Waals surface area contributed by atoms with Crippen molar-refractivity contribution in [3.63, 3.8) is 0 Å². The first-order valence-electron chi connectivity index (χ1n) is 6.13. The molecule has 92 valence electrons. The lowest BCUT2D eigenvalue weighted by molar-refractivity contribution is -0.135. The van der Waals surface area contributed by atoms with Crippen LogP contribution < -0.4 is 0 Å². The number of amides is 1. The Morgan fingerprint density at radius 2 is 2.06 bits per heavy atom. The molecule has 0 N–H and O–H groups in total. The maximum atomic E-state index is 13.6. The molecule has 0 aliphatic carbocycles. The third kappa shape index (κ3) is 2.48. The molecule has 1 unspecified atom stereocenters. The van der Waals surface area contributed by atoms with Gasteiger partial charge < -0.3 is 4.90 Å². The normalized spacial score (nSPS) is 21.1. The van der Waals surface area contributed by atoms with Crippen LogP contribution in [-0.4, -0.2) is 23.4 Å². The van der Waals surface area contributed by atoms with Crippen molar-refractivity contribution in [2.24, 2.45) is 0 Å². The number of benzene rings is 1. The molecule has 2 rings (SSSR count). The van der Waals surface area contributed by atoms with Gasteiger partial charge in [-0.3, -0.25) is 4.79 Å². The van der Waals surface area contributed by atoms with Crippen LogP contribution in [0.4, 0.5) is 4.39 Å². The molecular formula is C14H18FNO. The van der Waals surface area contributed by atoms with E-state index in [0.29, 0.717) is 12.0 Å². The van der Waals surface area contributed by atoms with Gasteiger partial charge in [-0.2, -0.15) is 0 Å². The molecule has 0 saturated carbocycles. The third-order valence-corrected chi connectivity index (χ3v) is 3.43. The molecule has 1 aliphatic rings. The van der Waals surface area contributed by atoms with Crippen molar-refractivity contribution in [1.82, 2.24) is 4.90 Å². The van der Waals surface area contributed by atoms with Gasteiger partial charge in [-0.05, 0) is 37.8 Å². The van der Waals surface area contributed by atoms with Gasteiger partial charge in [0, 0.05) is 19.0 Å². The molecule has 0 radical (unpaired) electrons. The number of carbonyl (C=O) groups excluding carboxylic acids is 1. The van der Waals surface area contributed by atoms with Crippen LogP contribution in [0.15, 0.2) is 24.3 Å². The number of nitrogens with zero attached hydrogens (tertiary/aromatic N) is 1. The van der Waals surface area contributed by atoms with E-state index in [1.165, 1.54) is 6.07 Å². The Hall–Kier alpha value is -1.38. The van der Waals surface area contributed by atoms with Gasteiger partial charge in [0.05, 0.1) is 0 Å². The maximum Gasteiger partial charge on any atom is 0.223 e. The summed E-state index contributed by atoms with van der Waals surface area (Å²) in [4.78, 5) is 13.8. The summed E-state index contributed by atoms with van der Waals surface area (Å²) in [6.07, 6.45) is 1.28. The van der Waals surface area contributed by atoms with Crippen LogP contribution in [0.25, 0.3) is 0 Å². The lowest BCUT2D eigenvalue weighted by atomic mass is 9.88. The molecule has 1 aliphatic heterocycles.